The van der Waals surface area contributed by atoms with E-state index in [1.165, 1.54) is 0 Å². The molecule has 0 radical (unpaired) electrons. The summed E-state index contributed by atoms with van der Waals surface area (Å²) in [7, 11) is -3.58. The van der Waals surface area contributed by atoms with E-state index >= 15 is 0 Å². The Balaban J connectivity index is 1.43. The number of amides is 1. The molecule has 0 bridgehead atoms. The normalized spacial score (nSPS) is 16.4. The summed E-state index contributed by atoms with van der Waals surface area (Å²) >= 11 is 1.02. The van der Waals surface area contributed by atoms with E-state index in [-0.39, 0.29) is 4.90 Å². The summed E-state index contributed by atoms with van der Waals surface area (Å²) in [5, 5.41) is 0. The van der Waals surface area contributed by atoms with Gasteiger partial charge in [-0.2, -0.15) is 13.1 Å². The molecular formula is C19H20N4O3S2. The molecule has 1 aliphatic rings. The molecule has 28 heavy (non-hydrogen) atoms. The zero-order valence-electron chi connectivity index (χ0n) is 15.1. The Hall–Kier alpha value is -2.36. The summed E-state index contributed by atoms with van der Waals surface area (Å²) in [5.41, 5.74) is 7.96. The van der Waals surface area contributed by atoms with Crippen molar-refractivity contribution < 1.29 is 13.2 Å². The van der Waals surface area contributed by atoms with Gasteiger partial charge in [0.2, 0.25) is 15.9 Å². The van der Waals surface area contributed by atoms with Crippen molar-refractivity contribution in [1.82, 2.24) is 13.1 Å². The van der Waals surface area contributed by atoms with Crippen LogP contribution >= 0.6 is 11.7 Å². The number of primary amides is 1. The lowest BCUT2D eigenvalue weighted by Crippen LogP contribution is -2.39. The Morgan fingerprint density at radius 3 is 2.50 bits per heavy atom. The average Bonchev–Trinajstić information content (AvgIpc) is 3.17. The standard InChI is InChI=1S/C19H20N4O3S2/c20-19(24)15-6-4-13(5-7-15)12-14-8-10-23(11-9-14)28(25,26)17-3-1-2-16-18(17)22-27-21-16/h1-7,14H,8-12H2,(H2,20,24). The van der Waals surface area contributed by atoms with Gasteiger partial charge >= 0.3 is 0 Å². The molecule has 1 saturated heterocycles. The van der Waals surface area contributed by atoms with Gasteiger partial charge in [0.05, 0.1) is 11.7 Å². The number of hydrogen-bond acceptors (Lipinski definition) is 6. The van der Waals surface area contributed by atoms with Gasteiger partial charge in [0.15, 0.2) is 0 Å². The first-order valence-corrected chi connectivity index (χ1v) is 11.2. The molecule has 0 aliphatic carbocycles. The topological polar surface area (TPSA) is 106 Å². The van der Waals surface area contributed by atoms with Crippen LogP contribution in [0.2, 0.25) is 0 Å². The fourth-order valence-corrected chi connectivity index (χ4v) is 5.84. The number of fused-ring (bicyclic) bond motifs is 1. The molecule has 9 heteroatoms. The number of nitrogens with zero attached hydrogens (tertiary/aromatic N) is 3. The van der Waals surface area contributed by atoms with Crippen molar-refractivity contribution in [3.63, 3.8) is 0 Å². The lowest BCUT2D eigenvalue weighted by molar-refractivity contribution is 0.100. The van der Waals surface area contributed by atoms with Gasteiger partial charge in [-0.3, -0.25) is 4.79 Å². The molecular weight excluding hydrogens is 396 g/mol. The molecule has 0 saturated carbocycles. The fourth-order valence-electron chi connectivity index (χ4n) is 3.62. The molecule has 0 spiro atoms. The van der Waals surface area contributed by atoms with E-state index in [2.05, 4.69) is 8.75 Å². The van der Waals surface area contributed by atoms with Gasteiger partial charge in [-0.25, -0.2) is 8.42 Å². The van der Waals surface area contributed by atoms with Crippen molar-refractivity contribution in [3.8, 4) is 0 Å². The number of piperidine rings is 1. The fraction of sp³-hybridized carbons (Fsp3) is 0.316. The number of nitrogens with two attached hydrogens (primary N) is 1. The van der Waals surface area contributed by atoms with Crippen molar-refractivity contribution in [2.45, 2.75) is 24.2 Å². The zero-order chi connectivity index (χ0) is 19.7. The van der Waals surface area contributed by atoms with Crippen LogP contribution in [0.25, 0.3) is 11.0 Å². The molecule has 7 nitrogen and oxygen atoms in total. The third kappa shape index (κ3) is 3.65. The minimum Gasteiger partial charge on any atom is -0.366 e. The third-order valence-corrected chi connectivity index (χ3v) is 7.68. The maximum Gasteiger partial charge on any atom is 0.248 e. The van der Waals surface area contributed by atoms with Crippen LogP contribution in [-0.2, 0) is 16.4 Å². The predicted octanol–water partition coefficient (Wildman–Crippen LogP) is 2.43. The van der Waals surface area contributed by atoms with Gasteiger partial charge in [0.1, 0.15) is 15.9 Å². The second-order valence-corrected chi connectivity index (χ2v) is 9.44. The van der Waals surface area contributed by atoms with Crippen LogP contribution in [0, 0.1) is 5.92 Å². The maximum absolute atomic E-state index is 13.1. The highest BCUT2D eigenvalue weighted by atomic mass is 32.2. The smallest absolute Gasteiger partial charge is 0.248 e. The number of sulfonamides is 1. The van der Waals surface area contributed by atoms with Crippen LogP contribution in [0.1, 0.15) is 28.8 Å². The first-order chi connectivity index (χ1) is 13.4. The van der Waals surface area contributed by atoms with Gasteiger partial charge in [0, 0.05) is 18.7 Å². The van der Waals surface area contributed by atoms with E-state index in [9.17, 15) is 13.2 Å². The molecule has 0 unspecified atom stereocenters. The zero-order valence-corrected chi connectivity index (χ0v) is 16.7. The Morgan fingerprint density at radius 2 is 1.82 bits per heavy atom. The number of carbonyl (C=O) groups is 1. The SMILES string of the molecule is NC(=O)c1ccc(CC2CCN(S(=O)(=O)c3cccc4nsnc34)CC2)cc1. The van der Waals surface area contributed by atoms with E-state index in [4.69, 9.17) is 5.73 Å². The Bertz CT molecular complexity index is 1100. The van der Waals surface area contributed by atoms with E-state index < -0.39 is 15.9 Å². The van der Waals surface area contributed by atoms with Crippen molar-refractivity contribution in [2.24, 2.45) is 11.7 Å². The summed E-state index contributed by atoms with van der Waals surface area (Å²) in [4.78, 5) is 11.4. The van der Waals surface area contributed by atoms with Crippen LogP contribution in [0.3, 0.4) is 0 Å². The van der Waals surface area contributed by atoms with E-state index in [0.29, 0.717) is 35.6 Å². The number of aromatic nitrogens is 2. The van der Waals surface area contributed by atoms with Crippen molar-refractivity contribution in [2.75, 3.05) is 13.1 Å². The maximum atomic E-state index is 13.1. The molecule has 1 aliphatic heterocycles. The van der Waals surface area contributed by atoms with Crippen LogP contribution < -0.4 is 5.73 Å². The van der Waals surface area contributed by atoms with E-state index in [1.54, 1.807) is 34.6 Å². The monoisotopic (exact) mass is 416 g/mol. The van der Waals surface area contributed by atoms with Crippen LogP contribution in [0.5, 0.6) is 0 Å². The summed E-state index contributed by atoms with van der Waals surface area (Å²) in [5.74, 6) is -0.0296. The van der Waals surface area contributed by atoms with Gasteiger partial charge in [-0.15, -0.1) is 0 Å². The van der Waals surface area contributed by atoms with Gasteiger partial charge in [-0.05, 0) is 55.0 Å². The van der Waals surface area contributed by atoms with Crippen molar-refractivity contribution in [3.05, 3.63) is 53.6 Å². The van der Waals surface area contributed by atoms with E-state index in [1.807, 2.05) is 12.1 Å². The van der Waals surface area contributed by atoms with Crippen molar-refractivity contribution >= 4 is 38.7 Å². The molecule has 4 rings (SSSR count). The molecule has 2 aromatic carbocycles. The second kappa shape index (κ2) is 7.57. The number of benzene rings is 2. The summed E-state index contributed by atoms with van der Waals surface area (Å²) in [6, 6.07) is 12.4. The van der Waals surface area contributed by atoms with Crippen LogP contribution in [-0.4, -0.2) is 40.5 Å². The average molecular weight is 417 g/mol. The molecule has 1 aromatic heterocycles. The van der Waals surface area contributed by atoms with Gasteiger partial charge < -0.3 is 5.73 Å². The first-order valence-electron chi connectivity index (χ1n) is 9.05. The third-order valence-electron chi connectivity index (χ3n) is 5.20. The molecule has 1 fully saturated rings. The summed E-state index contributed by atoms with van der Waals surface area (Å²) < 4.78 is 36.0. The van der Waals surface area contributed by atoms with Crippen molar-refractivity contribution in [1.29, 1.82) is 0 Å². The summed E-state index contributed by atoms with van der Waals surface area (Å²) in [6.07, 6.45) is 2.45. The second-order valence-electron chi connectivity index (χ2n) is 7.00. The lowest BCUT2D eigenvalue weighted by atomic mass is 9.91. The minimum atomic E-state index is -3.58. The Labute approximate surface area is 167 Å². The number of rotatable bonds is 5. The highest BCUT2D eigenvalue weighted by molar-refractivity contribution is 7.89. The predicted molar refractivity (Wildman–Crippen MR) is 108 cm³/mol. The Kier molecular flexibility index (Phi) is 5.13. The number of carbonyl (C=O) groups excluding carboxylic acids is 1. The first kappa shape index (κ1) is 19.0. The highest BCUT2D eigenvalue weighted by Crippen LogP contribution is 2.29. The molecule has 146 valence electrons. The van der Waals surface area contributed by atoms with Crippen LogP contribution in [0.4, 0.5) is 0 Å². The highest BCUT2D eigenvalue weighted by Gasteiger charge is 2.31. The molecule has 1 amide bonds. The molecule has 0 atom stereocenters. The quantitative estimate of drug-likeness (QED) is 0.687. The Morgan fingerprint density at radius 1 is 1.11 bits per heavy atom. The molecule has 3 aromatic rings. The minimum absolute atomic E-state index is 0.235. The summed E-state index contributed by atoms with van der Waals surface area (Å²) in [6.45, 7) is 0.973. The van der Waals surface area contributed by atoms with Crippen LogP contribution in [0.15, 0.2) is 47.4 Å². The largest absolute Gasteiger partial charge is 0.366 e. The van der Waals surface area contributed by atoms with Gasteiger partial charge in [-0.1, -0.05) is 18.2 Å². The van der Waals surface area contributed by atoms with Gasteiger partial charge in [0.25, 0.3) is 0 Å². The molecule has 2 heterocycles. The lowest BCUT2D eigenvalue weighted by Gasteiger charge is -2.31. The van der Waals surface area contributed by atoms with E-state index in [0.717, 1.165) is 36.6 Å². The molecule has 2 N–H and O–H groups in total. The number of hydrogen-bond donors (Lipinski definition) is 1.